The molecule has 0 unspecified atom stereocenters. The molecule has 2 aliphatic carbocycles. The second-order valence-corrected chi connectivity index (χ2v) is 20.2. The summed E-state index contributed by atoms with van der Waals surface area (Å²) >= 11 is 0. The molecule has 0 fully saturated rings. The van der Waals surface area contributed by atoms with Crippen molar-refractivity contribution >= 4 is 81.7 Å². The van der Waals surface area contributed by atoms with Crippen molar-refractivity contribution in [3.05, 3.63) is 295 Å². The van der Waals surface area contributed by atoms with Gasteiger partial charge in [-0.15, -0.1) is 0 Å². The Kier molecular flexibility index (Phi) is 8.73. The van der Waals surface area contributed by atoms with Crippen LogP contribution in [0.25, 0.3) is 109 Å². The fourth-order valence-electron chi connectivity index (χ4n) is 13.5. The van der Waals surface area contributed by atoms with Gasteiger partial charge in [-0.3, -0.25) is 0 Å². The number of nitrogens with zero attached hydrogens (tertiary/aromatic N) is 1. The van der Waals surface area contributed by atoms with Crippen LogP contribution >= 0.6 is 0 Å². The molecule has 0 N–H and O–H groups in total. The lowest BCUT2D eigenvalue weighted by Gasteiger charge is -2.33. The van der Waals surface area contributed by atoms with Crippen molar-refractivity contribution in [2.45, 2.75) is 5.41 Å². The van der Waals surface area contributed by atoms with Crippen LogP contribution in [0.3, 0.4) is 0 Å². The molecule has 2 aliphatic rings. The molecule has 74 heavy (non-hydrogen) atoms. The Bertz CT molecular complexity index is 4540. The first kappa shape index (κ1) is 41.1. The fourth-order valence-corrected chi connectivity index (χ4v) is 13.5. The second kappa shape index (κ2) is 15.7. The summed E-state index contributed by atoms with van der Waals surface area (Å²) < 4.78 is 0. The van der Waals surface area contributed by atoms with E-state index in [1.54, 1.807) is 0 Å². The van der Waals surface area contributed by atoms with Gasteiger partial charge >= 0.3 is 0 Å². The van der Waals surface area contributed by atoms with Crippen molar-refractivity contribution in [3.8, 4) is 44.5 Å². The second-order valence-electron chi connectivity index (χ2n) is 20.2. The van der Waals surface area contributed by atoms with Crippen LogP contribution in [0.15, 0.2) is 273 Å². The summed E-state index contributed by atoms with van der Waals surface area (Å²) in [5, 5.41) is 15.1. The van der Waals surface area contributed by atoms with Crippen LogP contribution in [0.4, 0.5) is 17.1 Å². The van der Waals surface area contributed by atoms with Crippen molar-refractivity contribution in [2.24, 2.45) is 0 Å². The van der Waals surface area contributed by atoms with E-state index in [1.807, 2.05) is 0 Å². The molecule has 1 spiro atoms. The monoisotopic (exact) mass is 935 g/mol. The molecule has 0 amide bonds. The van der Waals surface area contributed by atoms with E-state index >= 15 is 0 Å². The molecule has 14 aromatic carbocycles. The molecule has 16 rings (SSSR count). The Morgan fingerprint density at radius 2 is 0.568 bits per heavy atom. The summed E-state index contributed by atoms with van der Waals surface area (Å²) in [6, 6.07) is 103. The van der Waals surface area contributed by atoms with Gasteiger partial charge in [0.2, 0.25) is 0 Å². The summed E-state index contributed by atoms with van der Waals surface area (Å²) in [4.78, 5) is 2.56. The maximum absolute atomic E-state index is 2.58. The van der Waals surface area contributed by atoms with E-state index in [9.17, 15) is 0 Å². The van der Waals surface area contributed by atoms with E-state index in [4.69, 9.17) is 0 Å². The van der Waals surface area contributed by atoms with Gasteiger partial charge in [0.15, 0.2) is 0 Å². The first-order valence-electron chi connectivity index (χ1n) is 25.8. The molecular formula is C73H45N. The van der Waals surface area contributed by atoms with Crippen LogP contribution in [-0.2, 0) is 5.41 Å². The maximum Gasteiger partial charge on any atom is 0.0726 e. The molecule has 0 saturated carbocycles. The number of rotatable bonds is 5. The minimum absolute atomic E-state index is 0.535. The van der Waals surface area contributed by atoms with Crippen LogP contribution in [0.2, 0.25) is 0 Å². The molecule has 0 saturated heterocycles. The summed E-state index contributed by atoms with van der Waals surface area (Å²) in [7, 11) is 0. The number of hydrogen-bond donors (Lipinski definition) is 0. The molecule has 342 valence electrons. The summed E-state index contributed by atoms with van der Waals surface area (Å²) in [6.07, 6.45) is 0. The zero-order chi connectivity index (χ0) is 48.5. The average Bonchev–Trinajstić information content (AvgIpc) is 3.97. The Labute approximate surface area is 429 Å². The number of anilines is 3. The lowest BCUT2D eigenvalue weighted by Crippen LogP contribution is -2.26. The van der Waals surface area contributed by atoms with Crippen molar-refractivity contribution in [2.75, 3.05) is 4.90 Å². The Hall–Kier alpha value is -9.56. The van der Waals surface area contributed by atoms with Gasteiger partial charge in [0.05, 0.1) is 11.1 Å². The van der Waals surface area contributed by atoms with Crippen LogP contribution in [0, 0.1) is 0 Å². The van der Waals surface area contributed by atoms with E-state index in [0.717, 1.165) is 17.1 Å². The van der Waals surface area contributed by atoms with Crippen molar-refractivity contribution in [3.63, 3.8) is 0 Å². The van der Waals surface area contributed by atoms with Crippen LogP contribution in [0.1, 0.15) is 22.3 Å². The van der Waals surface area contributed by atoms with Gasteiger partial charge in [0.1, 0.15) is 0 Å². The van der Waals surface area contributed by atoms with Crippen LogP contribution < -0.4 is 4.90 Å². The molecule has 1 heteroatoms. The number of benzene rings is 14. The lowest BCUT2D eigenvalue weighted by atomic mass is 9.70. The molecular weight excluding hydrogens is 891 g/mol. The van der Waals surface area contributed by atoms with Gasteiger partial charge in [-0.2, -0.15) is 0 Å². The third kappa shape index (κ3) is 5.69. The van der Waals surface area contributed by atoms with E-state index in [2.05, 4.69) is 278 Å². The molecule has 0 radical (unpaired) electrons. The van der Waals surface area contributed by atoms with Gasteiger partial charge in [0.25, 0.3) is 0 Å². The van der Waals surface area contributed by atoms with E-state index in [1.165, 1.54) is 131 Å². The van der Waals surface area contributed by atoms with E-state index in [-0.39, 0.29) is 0 Å². The van der Waals surface area contributed by atoms with Crippen molar-refractivity contribution in [1.82, 2.24) is 0 Å². The van der Waals surface area contributed by atoms with Crippen molar-refractivity contribution in [1.29, 1.82) is 0 Å². The first-order valence-corrected chi connectivity index (χ1v) is 25.8. The zero-order valence-electron chi connectivity index (χ0n) is 40.4. The average molecular weight is 936 g/mol. The van der Waals surface area contributed by atoms with Gasteiger partial charge in [-0.1, -0.05) is 231 Å². The minimum Gasteiger partial charge on any atom is -0.310 e. The van der Waals surface area contributed by atoms with E-state index in [0.29, 0.717) is 0 Å². The lowest BCUT2D eigenvalue weighted by molar-refractivity contribution is 0.794. The SMILES string of the molecule is c1ccc(-c2ccc(N(c3ccc4c5ccccc5c5ccccc5c4c3)c3cc4c(cc3-c3ccc5c6ccccc6c6ccccc6c5c3)-c3ccccc3C43c4ccccc4-c4ccccc43)cc2)cc1. The number of fused-ring (bicyclic) bond motifs is 22. The largest absolute Gasteiger partial charge is 0.310 e. The zero-order valence-corrected chi connectivity index (χ0v) is 40.4. The first-order chi connectivity index (χ1) is 36.7. The molecule has 14 aromatic rings. The van der Waals surface area contributed by atoms with Gasteiger partial charge in [-0.05, 0) is 168 Å². The molecule has 0 heterocycles. The van der Waals surface area contributed by atoms with Gasteiger partial charge in [0, 0.05) is 16.9 Å². The van der Waals surface area contributed by atoms with Crippen LogP contribution in [0.5, 0.6) is 0 Å². The van der Waals surface area contributed by atoms with Crippen LogP contribution in [-0.4, -0.2) is 0 Å². The molecule has 0 aliphatic heterocycles. The summed E-state index contributed by atoms with van der Waals surface area (Å²) in [5.74, 6) is 0. The standard InChI is InChI=1S/C73H45N/c1-2-18-46(19-3-1)47-34-37-49(38-35-47)74(50-39-41-60-56-25-7-5-21-52(56)54-23-9-11-27-58(54)66(60)43-50)72-45-71-67(63-30-14-17-33-70(63)73(71)68-31-15-12-28-61(68)62-29-13-16-32-69(62)73)44-64(72)48-36-40-59-55-24-6-4-20-51(55)53-22-8-10-26-57(53)65(59)42-48/h1-45H. The summed E-state index contributed by atoms with van der Waals surface area (Å²) in [6.45, 7) is 0. The normalized spacial score (nSPS) is 13.0. The predicted molar refractivity (Wildman–Crippen MR) is 313 cm³/mol. The predicted octanol–water partition coefficient (Wildman–Crippen LogP) is 19.8. The Morgan fingerprint density at radius 3 is 1.08 bits per heavy atom. The maximum atomic E-state index is 2.58. The quantitative estimate of drug-likeness (QED) is 0.155. The number of hydrogen-bond acceptors (Lipinski definition) is 1. The Morgan fingerprint density at radius 1 is 0.203 bits per heavy atom. The highest BCUT2D eigenvalue weighted by atomic mass is 15.1. The van der Waals surface area contributed by atoms with Crippen molar-refractivity contribution < 1.29 is 0 Å². The summed E-state index contributed by atoms with van der Waals surface area (Å²) in [5.41, 5.74) is 17.9. The minimum atomic E-state index is -0.535. The van der Waals surface area contributed by atoms with Gasteiger partial charge in [-0.25, -0.2) is 0 Å². The molecule has 0 bridgehead atoms. The topological polar surface area (TPSA) is 3.24 Å². The molecule has 0 aromatic heterocycles. The highest BCUT2D eigenvalue weighted by Gasteiger charge is 2.52. The highest BCUT2D eigenvalue weighted by molar-refractivity contribution is 6.27. The molecule has 1 nitrogen and oxygen atoms in total. The highest BCUT2D eigenvalue weighted by Crippen LogP contribution is 2.64. The molecule has 0 atom stereocenters. The Balaban J connectivity index is 1.05. The smallest absolute Gasteiger partial charge is 0.0726 e. The third-order valence-electron chi connectivity index (χ3n) is 16.6. The third-order valence-corrected chi connectivity index (χ3v) is 16.6. The fraction of sp³-hybridized carbons (Fsp3) is 0.0137. The van der Waals surface area contributed by atoms with Gasteiger partial charge < -0.3 is 4.90 Å². The van der Waals surface area contributed by atoms with E-state index < -0.39 is 5.41 Å².